The zero-order valence-electron chi connectivity index (χ0n) is 11.0. The van der Waals surface area contributed by atoms with Crippen molar-refractivity contribution >= 4 is 37.3 Å². The summed E-state index contributed by atoms with van der Waals surface area (Å²) in [5, 5.41) is 3.41. The summed E-state index contributed by atoms with van der Waals surface area (Å²) < 4.78 is 27.5. The lowest BCUT2D eigenvalue weighted by atomic mass is 10.3. The van der Waals surface area contributed by atoms with Gasteiger partial charge in [-0.25, -0.2) is 8.42 Å². The first-order valence-electron chi connectivity index (χ1n) is 6.74. The average Bonchev–Trinajstić information content (AvgIpc) is 3.20. The normalized spacial score (nSPS) is 20.4. The average molecular weight is 377 g/mol. The lowest BCUT2D eigenvalue weighted by Crippen LogP contribution is -2.33. The molecule has 1 aromatic rings. The molecule has 0 radical (unpaired) electrons. The molecule has 7 heteroatoms. The van der Waals surface area contributed by atoms with Crippen molar-refractivity contribution in [3.63, 3.8) is 0 Å². The molecular formula is C13H17BrN2O2S2. The van der Waals surface area contributed by atoms with Gasteiger partial charge in [-0.3, -0.25) is 0 Å². The van der Waals surface area contributed by atoms with Crippen LogP contribution < -0.4 is 5.32 Å². The van der Waals surface area contributed by atoms with Gasteiger partial charge in [0.05, 0.1) is 3.79 Å². The highest BCUT2D eigenvalue weighted by Crippen LogP contribution is 2.34. The van der Waals surface area contributed by atoms with Crippen molar-refractivity contribution in [3.05, 3.63) is 26.9 Å². The molecule has 110 valence electrons. The minimum Gasteiger partial charge on any atom is -0.309 e. The maximum atomic E-state index is 12.6. The maximum absolute atomic E-state index is 12.6. The predicted molar refractivity (Wildman–Crippen MR) is 84.4 cm³/mol. The Morgan fingerprint density at radius 3 is 2.85 bits per heavy atom. The second kappa shape index (κ2) is 5.88. The Morgan fingerprint density at radius 2 is 2.20 bits per heavy atom. The maximum Gasteiger partial charge on any atom is 0.245 e. The van der Waals surface area contributed by atoms with Crippen molar-refractivity contribution in [1.82, 2.24) is 9.62 Å². The molecule has 1 N–H and O–H groups in total. The van der Waals surface area contributed by atoms with Gasteiger partial charge in [0.1, 0.15) is 4.90 Å². The minimum absolute atomic E-state index is 0.408. The highest BCUT2D eigenvalue weighted by Gasteiger charge is 2.28. The van der Waals surface area contributed by atoms with E-state index >= 15 is 0 Å². The van der Waals surface area contributed by atoms with Crippen molar-refractivity contribution in [2.24, 2.45) is 0 Å². The molecule has 0 amide bonds. The topological polar surface area (TPSA) is 49.4 Å². The number of hydrogen-bond acceptors (Lipinski definition) is 4. The number of sulfonamides is 1. The number of thiophene rings is 1. The summed E-state index contributed by atoms with van der Waals surface area (Å²) in [7, 11) is -3.38. The van der Waals surface area contributed by atoms with E-state index in [-0.39, 0.29) is 0 Å². The third kappa shape index (κ3) is 3.17. The fraction of sp³-hybridized carbons (Fsp3) is 0.538. The van der Waals surface area contributed by atoms with Crippen LogP contribution in [0.1, 0.15) is 24.1 Å². The van der Waals surface area contributed by atoms with E-state index in [9.17, 15) is 8.42 Å². The molecule has 2 aliphatic rings. The van der Waals surface area contributed by atoms with Crippen LogP contribution in [0, 0.1) is 0 Å². The molecular weight excluding hydrogens is 360 g/mol. The molecule has 3 rings (SSSR count). The fourth-order valence-corrected chi connectivity index (χ4v) is 6.16. The van der Waals surface area contributed by atoms with Gasteiger partial charge in [0, 0.05) is 30.6 Å². The number of nitrogens with one attached hydrogen (secondary N) is 1. The Balaban J connectivity index is 1.79. The van der Waals surface area contributed by atoms with Gasteiger partial charge in [0.2, 0.25) is 10.0 Å². The number of halogens is 1. The molecule has 1 fully saturated rings. The molecule has 4 nitrogen and oxygen atoms in total. The van der Waals surface area contributed by atoms with Crippen molar-refractivity contribution in [1.29, 1.82) is 0 Å². The molecule has 0 spiro atoms. The Kier molecular flexibility index (Phi) is 4.33. The SMILES string of the molecule is O=S(=O)(c1cc(CNC2CC2)sc1Br)N1CC=CCC1. The minimum atomic E-state index is -3.38. The Hall–Kier alpha value is -0.210. The van der Waals surface area contributed by atoms with E-state index in [1.807, 2.05) is 12.2 Å². The van der Waals surface area contributed by atoms with Gasteiger partial charge in [-0.05, 0) is 41.3 Å². The van der Waals surface area contributed by atoms with E-state index in [2.05, 4.69) is 21.2 Å². The lowest BCUT2D eigenvalue weighted by molar-refractivity contribution is 0.437. The molecule has 1 saturated carbocycles. The first-order valence-corrected chi connectivity index (χ1v) is 9.79. The third-order valence-electron chi connectivity index (χ3n) is 3.49. The molecule has 20 heavy (non-hydrogen) atoms. The molecule has 0 saturated heterocycles. The van der Waals surface area contributed by atoms with Crippen LogP contribution in [0.2, 0.25) is 0 Å². The summed E-state index contributed by atoms with van der Waals surface area (Å²) in [6.45, 7) is 1.79. The van der Waals surface area contributed by atoms with Crippen LogP contribution in [0.25, 0.3) is 0 Å². The van der Waals surface area contributed by atoms with E-state index in [0.29, 0.717) is 27.8 Å². The predicted octanol–water partition coefficient (Wildman–Crippen LogP) is 2.71. The molecule has 0 unspecified atom stereocenters. The van der Waals surface area contributed by atoms with Gasteiger partial charge in [0.15, 0.2) is 0 Å². The van der Waals surface area contributed by atoms with Crippen LogP contribution in [-0.2, 0) is 16.6 Å². The van der Waals surface area contributed by atoms with Gasteiger partial charge >= 0.3 is 0 Å². The van der Waals surface area contributed by atoms with Crippen molar-refractivity contribution in [3.8, 4) is 0 Å². The quantitative estimate of drug-likeness (QED) is 0.803. The number of rotatable bonds is 5. The number of nitrogens with zero attached hydrogens (tertiary/aromatic N) is 1. The zero-order valence-corrected chi connectivity index (χ0v) is 14.2. The van der Waals surface area contributed by atoms with Gasteiger partial charge < -0.3 is 5.32 Å². The second-order valence-corrected chi connectivity index (χ2v) is 9.49. The molecule has 0 aromatic carbocycles. The highest BCUT2D eigenvalue weighted by atomic mass is 79.9. The molecule has 0 atom stereocenters. The second-order valence-electron chi connectivity index (χ2n) is 5.13. The summed E-state index contributed by atoms with van der Waals surface area (Å²) in [5.74, 6) is 0. The summed E-state index contributed by atoms with van der Waals surface area (Å²) in [4.78, 5) is 1.47. The molecule has 0 bridgehead atoms. The van der Waals surface area contributed by atoms with Crippen molar-refractivity contribution in [2.75, 3.05) is 13.1 Å². The van der Waals surface area contributed by atoms with E-state index in [0.717, 1.165) is 17.8 Å². The van der Waals surface area contributed by atoms with Crippen LogP contribution in [-0.4, -0.2) is 31.9 Å². The van der Waals surface area contributed by atoms with E-state index < -0.39 is 10.0 Å². The summed E-state index contributed by atoms with van der Waals surface area (Å²) in [6, 6.07) is 2.43. The van der Waals surface area contributed by atoms with Gasteiger partial charge in [-0.15, -0.1) is 11.3 Å². The van der Waals surface area contributed by atoms with Crippen LogP contribution >= 0.6 is 27.3 Å². The molecule has 2 heterocycles. The molecule has 1 aliphatic heterocycles. The van der Waals surface area contributed by atoms with Crippen LogP contribution in [0.3, 0.4) is 0 Å². The fourth-order valence-electron chi connectivity index (χ4n) is 2.17. The Morgan fingerprint density at radius 1 is 1.40 bits per heavy atom. The summed E-state index contributed by atoms with van der Waals surface area (Å²) in [6.07, 6.45) is 7.20. The van der Waals surface area contributed by atoms with Crippen molar-refractivity contribution in [2.45, 2.75) is 36.7 Å². The largest absolute Gasteiger partial charge is 0.309 e. The first kappa shape index (κ1) is 14.7. The summed E-state index contributed by atoms with van der Waals surface area (Å²) >= 11 is 4.91. The van der Waals surface area contributed by atoms with E-state index in [1.165, 1.54) is 28.5 Å². The Bertz CT molecular complexity index is 620. The molecule has 1 aliphatic carbocycles. The highest BCUT2D eigenvalue weighted by molar-refractivity contribution is 9.11. The van der Waals surface area contributed by atoms with Crippen LogP contribution in [0.15, 0.2) is 26.9 Å². The molecule has 1 aromatic heterocycles. The summed E-state index contributed by atoms with van der Waals surface area (Å²) in [5.41, 5.74) is 0. The van der Waals surface area contributed by atoms with Crippen LogP contribution in [0.5, 0.6) is 0 Å². The lowest BCUT2D eigenvalue weighted by Gasteiger charge is -2.22. The monoisotopic (exact) mass is 376 g/mol. The van der Waals surface area contributed by atoms with Crippen LogP contribution in [0.4, 0.5) is 0 Å². The van der Waals surface area contributed by atoms with E-state index in [4.69, 9.17) is 0 Å². The standard InChI is InChI=1S/C13H17BrN2O2S2/c14-13-12(8-11(19-13)9-15-10-4-5-10)20(17,18)16-6-2-1-3-7-16/h1-2,8,10,15H,3-7,9H2. The smallest absolute Gasteiger partial charge is 0.245 e. The zero-order chi connectivity index (χ0) is 14.2. The first-order chi connectivity index (χ1) is 9.57. The van der Waals surface area contributed by atoms with Gasteiger partial charge in [-0.2, -0.15) is 4.31 Å². The number of hydrogen-bond donors (Lipinski definition) is 1. The van der Waals surface area contributed by atoms with Crippen molar-refractivity contribution < 1.29 is 8.42 Å². The van der Waals surface area contributed by atoms with Gasteiger partial charge in [-0.1, -0.05) is 12.2 Å². The van der Waals surface area contributed by atoms with E-state index in [1.54, 1.807) is 6.07 Å². The third-order valence-corrected chi connectivity index (χ3v) is 7.60. The Labute approximate surface area is 132 Å². The van der Waals surface area contributed by atoms with Gasteiger partial charge in [0.25, 0.3) is 0 Å².